The van der Waals surface area contributed by atoms with Crippen LogP contribution in [-0.2, 0) is 6.54 Å². The molecule has 5 nitrogen and oxygen atoms in total. The highest BCUT2D eigenvalue weighted by atomic mass is 35.5. The molecular weight excluding hydrogens is 384 g/mol. The van der Waals surface area contributed by atoms with Gasteiger partial charge in [-0.05, 0) is 30.5 Å². The van der Waals surface area contributed by atoms with Gasteiger partial charge < -0.3 is 10.6 Å². The third kappa shape index (κ3) is 4.36. The molecule has 1 fully saturated rings. The van der Waals surface area contributed by atoms with Crippen molar-refractivity contribution in [3.8, 4) is 0 Å². The molecule has 1 aliphatic rings. The molecule has 1 aromatic heterocycles. The van der Waals surface area contributed by atoms with Crippen LogP contribution in [0.5, 0.6) is 0 Å². The molecule has 2 aromatic carbocycles. The Bertz CT molecular complexity index is 942. The summed E-state index contributed by atoms with van der Waals surface area (Å²) in [4.78, 5) is 15.1. The van der Waals surface area contributed by atoms with Gasteiger partial charge in [-0.15, -0.1) is 12.4 Å². The number of carbonyl (C=O) groups excluding carboxylic acids is 1. The number of amides is 1. The minimum absolute atomic E-state index is 0. The molecule has 0 spiro atoms. The van der Waals surface area contributed by atoms with Gasteiger partial charge in [0.1, 0.15) is 0 Å². The van der Waals surface area contributed by atoms with Gasteiger partial charge in [0.15, 0.2) is 0 Å². The quantitative estimate of drug-likeness (QED) is 0.700. The summed E-state index contributed by atoms with van der Waals surface area (Å²) in [6, 6.07) is 20.5. The first-order valence-corrected chi connectivity index (χ1v) is 9.78. The minimum atomic E-state index is 0. The summed E-state index contributed by atoms with van der Waals surface area (Å²) >= 11 is 0. The van der Waals surface area contributed by atoms with Crippen LogP contribution in [0.25, 0.3) is 0 Å². The average molecular weight is 411 g/mol. The second-order valence-electron chi connectivity index (χ2n) is 7.51. The number of nitrogens with zero attached hydrogens (tertiary/aromatic N) is 3. The third-order valence-electron chi connectivity index (χ3n) is 5.77. The summed E-state index contributed by atoms with van der Waals surface area (Å²) in [5.41, 5.74) is 10.0. The molecule has 2 heterocycles. The number of likely N-dealkylation sites (tertiary alicyclic amines) is 1. The Balaban J connectivity index is 0.00000240. The van der Waals surface area contributed by atoms with E-state index in [0.29, 0.717) is 31.7 Å². The van der Waals surface area contributed by atoms with Crippen LogP contribution >= 0.6 is 12.4 Å². The van der Waals surface area contributed by atoms with Crippen LogP contribution in [-0.4, -0.2) is 40.2 Å². The molecule has 2 atom stereocenters. The zero-order valence-electron chi connectivity index (χ0n) is 16.6. The van der Waals surface area contributed by atoms with Crippen molar-refractivity contribution in [2.75, 3.05) is 19.6 Å². The maximum Gasteiger partial charge on any atom is 0.257 e. The molecular formula is C23H27ClN4O. The number of benzene rings is 2. The monoisotopic (exact) mass is 410 g/mol. The van der Waals surface area contributed by atoms with Crippen LogP contribution in [0.2, 0.25) is 0 Å². The molecule has 6 heteroatoms. The summed E-state index contributed by atoms with van der Waals surface area (Å²) in [6.45, 7) is 4.61. The van der Waals surface area contributed by atoms with E-state index in [1.165, 1.54) is 11.1 Å². The van der Waals surface area contributed by atoms with E-state index in [-0.39, 0.29) is 30.2 Å². The van der Waals surface area contributed by atoms with Gasteiger partial charge in [-0.25, -0.2) is 0 Å². The highest BCUT2D eigenvalue weighted by Crippen LogP contribution is 2.33. The van der Waals surface area contributed by atoms with Gasteiger partial charge in [0, 0.05) is 24.7 Å². The van der Waals surface area contributed by atoms with Crippen molar-refractivity contribution in [3.63, 3.8) is 0 Å². The number of halogens is 1. The molecule has 1 amide bonds. The predicted octanol–water partition coefficient (Wildman–Crippen LogP) is 3.48. The van der Waals surface area contributed by atoms with Crippen LogP contribution in [0, 0.1) is 12.8 Å². The molecule has 0 saturated carbocycles. The number of nitrogens with two attached hydrogens (primary N) is 1. The molecule has 0 aliphatic carbocycles. The second-order valence-corrected chi connectivity index (χ2v) is 7.51. The lowest BCUT2D eigenvalue weighted by Gasteiger charge is -2.17. The normalized spacial score (nSPS) is 18.5. The number of hydrogen-bond donors (Lipinski definition) is 1. The van der Waals surface area contributed by atoms with Crippen LogP contribution in [0.1, 0.15) is 33.1 Å². The Hall–Kier alpha value is -2.63. The van der Waals surface area contributed by atoms with Gasteiger partial charge >= 0.3 is 0 Å². The highest BCUT2D eigenvalue weighted by molar-refractivity contribution is 5.95. The van der Waals surface area contributed by atoms with Crippen molar-refractivity contribution in [2.24, 2.45) is 11.7 Å². The largest absolute Gasteiger partial charge is 0.338 e. The van der Waals surface area contributed by atoms with E-state index in [9.17, 15) is 4.79 Å². The maximum absolute atomic E-state index is 13.2. The van der Waals surface area contributed by atoms with Gasteiger partial charge in [0.2, 0.25) is 0 Å². The van der Waals surface area contributed by atoms with Crippen LogP contribution < -0.4 is 5.73 Å². The van der Waals surface area contributed by atoms with Crippen LogP contribution in [0.15, 0.2) is 66.9 Å². The Kier molecular flexibility index (Phi) is 6.72. The van der Waals surface area contributed by atoms with E-state index < -0.39 is 0 Å². The Labute approximate surface area is 177 Å². The summed E-state index contributed by atoms with van der Waals surface area (Å²) in [5, 5.41) is 4.46. The fourth-order valence-electron chi connectivity index (χ4n) is 4.10. The maximum atomic E-state index is 13.2. The first-order chi connectivity index (χ1) is 13.7. The minimum Gasteiger partial charge on any atom is -0.338 e. The van der Waals surface area contributed by atoms with Gasteiger partial charge in [0.05, 0.1) is 18.3 Å². The summed E-state index contributed by atoms with van der Waals surface area (Å²) in [7, 11) is 0. The molecule has 1 aliphatic heterocycles. The van der Waals surface area contributed by atoms with Crippen LogP contribution in [0.4, 0.5) is 0 Å². The van der Waals surface area contributed by atoms with Crippen LogP contribution in [0.3, 0.4) is 0 Å². The highest BCUT2D eigenvalue weighted by Gasteiger charge is 2.36. The topological polar surface area (TPSA) is 64.2 Å². The molecule has 0 radical (unpaired) electrons. The Morgan fingerprint density at radius 1 is 1.07 bits per heavy atom. The van der Waals surface area contributed by atoms with Crippen molar-refractivity contribution in [1.82, 2.24) is 14.7 Å². The first-order valence-electron chi connectivity index (χ1n) is 9.78. The molecule has 152 valence electrons. The fraction of sp³-hybridized carbons (Fsp3) is 0.304. The van der Waals surface area contributed by atoms with Crippen molar-refractivity contribution in [2.45, 2.75) is 19.4 Å². The molecule has 0 unspecified atom stereocenters. The predicted molar refractivity (Wildman–Crippen MR) is 117 cm³/mol. The number of rotatable bonds is 5. The van der Waals surface area contributed by atoms with Crippen molar-refractivity contribution in [3.05, 3.63) is 89.2 Å². The van der Waals surface area contributed by atoms with E-state index in [4.69, 9.17) is 5.73 Å². The van der Waals surface area contributed by atoms with E-state index in [1.807, 2.05) is 52.9 Å². The SMILES string of the molecule is Cc1c(C(=O)N2C[C@@H](CN)[C@H](c3ccccc3)C2)cnn1Cc1ccccc1.Cl. The lowest BCUT2D eigenvalue weighted by atomic mass is 9.89. The molecule has 29 heavy (non-hydrogen) atoms. The number of carbonyl (C=O) groups is 1. The molecule has 1 saturated heterocycles. The smallest absolute Gasteiger partial charge is 0.257 e. The Morgan fingerprint density at radius 2 is 1.72 bits per heavy atom. The fourth-order valence-corrected chi connectivity index (χ4v) is 4.10. The zero-order valence-corrected chi connectivity index (χ0v) is 17.4. The third-order valence-corrected chi connectivity index (χ3v) is 5.77. The lowest BCUT2D eigenvalue weighted by molar-refractivity contribution is 0.0785. The summed E-state index contributed by atoms with van der Waals surface area (Å²) < 4.78 is 1.90. The van der Waals surface area contributed by atoms with Crippen molar-refractivity contribution in [1.29, 1.82) is 0 Å². The van der Waals surface area contributed by atoms with Gasteiger partial charge in [-0.1, -0.05) is 60.7 Å². The second kappa shape index (κ2) is 9.25. The van der Waals surface area contributed by atoms with E-state index in [1.54, 1.807) is 6.20 Å². The van der Waals surface area contributed by atoms with Gasteiger partial charge in [-0.3, -0.25) is 9.48 Å². The zero-order chi connectivity index (χ0) is 19.5. The van der Waals surface area contributed by atoms with E-state index in [0.717, 1.165) is 5.69 Å². The molecule has 0 bridgehead atoms. The van der Waals surface area contributed by atoms with E-state index in [2.05, 4.69) is 29.4 Å². The molecule has 4 rings (SSSR count). The van der Waals surface area contributed by atoms with Gasteiger partial charge in [-0.2, -0.15) is 5.10 Å². The standard InChI is InChI=1S/C23H26N4O.ClH/c1-17-21(13-25-27(17)14-18-8-4-2-5-9-18)23(28)26-15-20(12-24)22(16-26)19-10-6-3-7-11-19;/h2-11,13,20,22H,12,14-16,24H2,1H3;1H/t20-,22+;/m1./s1. The lowest BCUT2D eigenvalue weighted by Crippen LogP contribution is -2.30. The number of aromatic nitrogens is 2. The number of hydrogen-bond acceptors (Lipinski definition) is 3. The Morgan fingerprint density at radius 3 is 2.38 bits per heavy atom. The van der Waals surface area contributed by atoms with Gasteiger partial charge in [0.25, 0.3) is 5.91 Å². The summed E-state index contributed by atoms with van der Waals surface area (Å²) in [6.07, 6.45) is 1.70. The first kappa shape index (κ1) is 21.1. The van der Waals surface area contributed by atoms with Crippen molar-refractivity contribution >= 4 is 18.3 Å². The molecule has 3 aromatic rings. The summed E-state index contributed by atoms with van der Waals surface area (Å²) in [5.74, 6) is 0.620. The van der Waals surface area contributed by atoms with Crippen molar-refractivity contribution < 1.29 is 4.79 Å². The average Bonchev–Trinajstić information content (AvgIpc) is 3.33. The van der Waals surface area contributed by atoms with E-state index >= 15 is 0 Å². The molecule has 2 N–H and O–H groups in total.